The first kappa shape index (κ1) is 31.3. The number of amides is 3. The summed E-state index contributed by atoms with van der Waals surface area (Å²) in [6, 6.07) is 6.21. The van der Waals surface area contributed by atoms with E-state index in [0.29, 0.717) is 36.1 Å². The van der Waals surface area contributed by atoms with Crippen molar-refractivity contribution in [2.75, 3.05) is 45.6 Å². The molecular weight excluding hydrogens is 598 g/mol. The Bertz CT molecular complexity index is 1650. The molecular formula is C34H45N9O4. The largest absolute Gasteiger partial charge is 0.444 e. The molecule has 0 aromatic carbocycles. The number of nitrogens with zero attached hydrogens (tertiary/aromatic N) is 8. The summed E-state index contributed by atoms with van der Waals surface area (Å²) in [6.45, 7) is 8.59. The van der Waals surface area contributed by atoms with Gasteiger partial charge in [-0.15, -0.1) is 0 Å². The normalized spacial score (nSPS) is 22.1. The molecule has 47 heavy (non-hydrogen) atoms. The van der Waals surface area contributed by atoms with Crippen molar-refractivity contribution < 1.29 is 19.1 Å². The Morgan fingerprint density at radius 3 is 2.17 bits per heavy atom. The molecule has 1 N–H and O–H groups in total. The fourth-order valence-corrected chi connectivity index (χ4v) is 7.35. The standard InChI is InChI=1S/C34H45N9O4/c1-34(2,3)47-33(46)42-25-9-10-26(42)20-41(19-25)30(44)21-6-11-28(35-17-21)37-32-36-18-22-16-27(31(45)39(4)5)43(29(22)38-32)24-12-14-40(15-13-24)23-7-8-23/h6,11,16-18,23-26H,7-10,12-15,19-20H2,1-5H3,(H,35,36,37,38). The van der Waals surface area contributed by atoms with E-state index in [4.69, 9.17) is 9.72 Å². The Balaban J connectivity index is 1.05. The summed E-state index contributed by atoms with van der Waals surface area (Å²) in [7, 11) is 3.54. The monoisotopic (exact) mass is 643 g/mol. The zero-order valence-corrected chi connectivity index (χ0v) is 28.0. The lowest BCUT2D eigenvalue weighted by molar-refractivity contribution is -0.00336. The van der Waals surface area contributed by atoms with E-state index in [2.05, 4.69) is 24.8 Å². The average Bonchev–Trinajstić information content (AvgIpc) is 3.77. The number of hydrogen-bond donors (Lipinski definition) is 1. The second-order valence-electron chi connectivity index (χ2n) is 14.6. The van der Waals surface area contributed by atoms with Crippen LogP contribution < -0.4 is 5.32 Å². The molecule has 3 aliphatic heterocycles. The third-order valence-electron chi connectivity index (χ3n) is 9.75. The summed E-state index contributed by atoms with van der Waals surface area (Å²) in [5.41, 5.74) is 1.27. The Kier molecular flexibility index (Phi) is 8.05. The number of piperazine rings is 1. The van der Waals surface area contributed by atoms with Crippen LogP contribution in [0.4, 0.5) is 16.6 Å². The summed E-state index contributed by atoms with van der Waals surface area (Å²) < 4.78 is 7.74. The van der Waals surface area contributed by atoms with Crippen molar-refractivity contribution >= 4 is 40.7 Å². The van der Waals surface area contributed by atoms with E-state index < -0.39 is 5.60 Å². The van der Waals surface area contributed by atoms with Crippen molar-refractivity contribution in [3.8, 4) is 0 Å². The zero-order valence-electron chi connectivity index (χ0n) is 28.0. The Morgan fingerprint density at radius 1 is 0.894 bits per heavy atom. The molecule has 2 atom stereocenters. The van der Waals surface area contributed by atoms with Gasteiger partial charge in [-0.25, -0.2) is 14.8 Å². The molecule has 3 aromatic rings. The molecule has 3 aromatic heterocycles. The number of ether oxygens (including phenoxy) is 1. The smallest absolute Gasteiger partial charge is 0.410 e. The maximum Gasteiger partial charge on any atom is 0.410 e. The lowest BCUT2D eigenvalue weighted by Crippen LogP contribution is -2.57. The van der Waals surface area contributed by atoms with Crippen LogP contribution in [0.25, 0.3) is 11.0 Å². The third-order valence-corrected chi connectivity index (χ3v) is 9.75. The zero-order chi connectivity index (χ0) is 33.0. The van der Waals surface area contributed by atoms with Crippen molar-refractivity contribution in [2.24, 2.45) is 0 Å². The van der Waals surface area contributed by atoms with Gasteiger partial charge in [-0.1, -0.05) is 0 Å². The van der Waals surface area contributed by atoms with E-state index in [1.165, 1.54) is 12.8 Å². The van der Waals surface area contributed by atoms with Crippen LogP contribution in [-0.2, 0) is 4.74 Å². The lowest BCUT2D eigenvalue weighted by atomic mass is 10.0. The molecule has 13 nitrogen and oxygen atoms in total. The van der Waals surface area contributed by atoms with E-state index in [-0.39, 0.29) is 36.0 Å². The number of fused-ring (bicyclic) bond motifs is 3. The predicted molar refractivity (Wildman–Crippen MR) is 177 cm³/mol. The molecule has 7 rings (SSSR count). The van der Waals surface area contributed by atoms with Gasteiger partial charge >= 0.3 is 6.09 Å². The number of carbonyl (C=O) groups excluding carboxylic acids is 3. The van der Waals surface area contributed by atoms with Crippen LogP contribution in [0.5, 0.6) is 0 Å². The van der Waals surface area contributed by atoms with Gasteiger partial charge in [0.15, 0.2) is 0 Å². The molecule has 0 radical (unpaired) electrons. The maximum absolute atomic E-state index is 13.5. The highest BCUT2D eigenvalue weighted by atomic mass is 16.6. The van der Waals surface area contributed by atoms with Gasteiger partial charge in [0.1, 0.15) is 22.8 Å². The summed E-state index contributed by atoms with van der Waals surface area (Å²) in [5.74, 6) is 0.725. The van der Waals surface area contributed by atoms with Gasteiger partial charge in [0, 0.05) is 70.1 Å². The molecule has 6 heterocycles. The molecule has 13 heteroatoms. The SMILES string of the molecule is CN(C)C(=O)c1cc2cnc(Nc3ccc(C(=O)N4CC5CCC(C4)N5C(=O)OC(C)(C)C)cn3)nc2n1C1CCN(C2CC2)CC1. The Hall–Kier alpha value is -4.26. The second kappa shape index (κ2) is 12.1. The summed E-state index contributed by atoms with van der Waals surface area (Å²) in [5, 5.41) is 4.01. The molecule has 4 aliphatic rings. The second-order valence-corrected chi connectivity index (χ2v) is 14.6. The fraction of sp³-hybridized carbons (Fsp3) is 0.588. The maximum atomic E-state index is 13.5. The first-order valence-electron chi connectivity index (χ1n) is 16.8. The first-order chi connectivity index (χ1) is 22.4. The minimum absolute atomic E-state index is 0.0493. The topological polar surface area (TPSA) is 129 Å². The highest BCUT2D eigenvalue weighted by Crippen LogP contribution is 2.36. The van der Waals surface area contributed by atoms with Crippen molar-refractivity contribution in [3.63, 3.8) is 0 Å². The van der Waals surface area contributed by atoms with E-state index >= 15 is 0 Å². The van der Waals surface area contributed by atoms with Crippen LogP contribution >= 0.6 is 0 Å². The summed E-state index contributed by atoms with van der Waals surface area (Å²) in [6.07, 6.45) is 9.24. The molecule has 4 fully saturated rings. The van der Waals surface area contributed by atoms with Gasteiger partial charge in [-0.2, -0.15) is 4.98 Å². The first-order valence-corrected chi connectivity index (χ1v) is 16.8. The van der Waals surface area contributed by atoms with Crippen LogP contribution in [-0.4, -0.2) is 121 Å². The fourth-order valence-electron chi connectivity index (χ4n) is 7.35. The number of carbonyl (C=O) groups is 3. The molecule has 1 saturated carbocycles. The van der Waals surface area contributed by atoms with Crippen LogP contribution in [0.3, 0.4) is 0 Å². The number of pyridine rings is 1. The van der Waals surface area contributed by atoms with Crippen LogP contribution in [0.1, 0.15) is 86.2 Å². The molecule has 3 amide bonds. The van der Waals surface area contributed by atoms with E-state index in [1.54, 1.807) is 43.5 Å². The van der Waals surface area contributed by atoms with Gasteiger partial charge < -0.3 is 29.3 Å². The van der Waals surface area contributed by atoms with Crippen LogP contribution in [0, 0.1) is 0 Å². The quantitative estimate of drug-likeness (QED) is 0.418. The average molecular weight is 644 g/mol. The highest BCUT2D eigenvalue weighted by molar-refractivity contribution is 5.98. The molecule has 3 saturated heterocycles. The minimum Gasteiger partial charge on any atom is -0.444 e. The van der Waals surface area contributed by atoms with E-state index in [1.807, 2.05) is 36.6 Å². The van der Waals surface area contributed by atoms with E-state index in [0.717, 1.165) is 55.8 Å². The van der Waals surface area contributed by atoms with Crippen molar-refractivity contribution in [1.29, 1.82) is 0 Å². The van der Waals surface area contributed by atoms with Gasteiger partial charge in [0.25, 0.3) is 11.8 Å². The summed E-state index contributed by atoms with van der Waals surface area (Å²) in [4.78, 5) is 61.3. The molecule has 0 spiro atoms. The van der Waals surface area contributed by atoms with Crippen LogP contribution in [0.2, 0.25) is 0 Å². The van der Waals surface area contributed by atoms with Gasteiger partial charge in [0.05, 0.1) is 17.6 Å². The number of piperidine rings is 1. The predicted octanol–water partition coefficient (Wildman–Crippen LogP) is 4.29. The number of anilines is 2. The van der Waals surface area contributed by atoms with Gasteiger partial charge in [-0.3, -0.25) is 14.5 Å². The summed E-state index contributed by atoms with van der Waals surface area (Å²) >= 11 is 0. The molecule has 2 unspecified atom stereocenters. The number of aromatic nitrogens is 4. The number of hydrogen-bond acceptors (Lipinski definition) is 9. The van der Waals surface area contributed by atoms with Gasteiger partial charge in [-0.05, 0) is 77.5 Å². The van der Waals surface area contributed by atoms with E-state index in [9.17, 15) is 14.4 Å². The molecule has 1 aliphatic carbocycles. The molecule has 250 valence electrons. The number of nitrogens with one attached hydrogen (secondary N) is 1. The minimum atomic E-state index is -0.562. The number of rotatable bonds is 6. The van der Waals surface area contributed by atoms with Crippen LogP contribution in [0.15, 0.2) is 30.6 Å². The lowest BCUT2D eigenvalue weighted by Gasteiger charge is -2.41. The Labute approximate surface area is 275 Å². The van der Waals surface area contributed by atoms with Gasteiger partial charge in [0.2, 0.25) is 5.95 Å². The van der Waals surface area contributed by atoms with Crippen molar-refractivity contribution in [1.82, 2.24) is 39.1 Å². The highest BCUT2D eigenvalue weighted by Gasteiger charge is 2.45. The molecule has 2 bridgehead atoms. The third kappa shape index (κ3) is 6.37. The number of likely N-dealkylation sites (tertiary alicyclic amines) is 2. The van der Waals surface area contributed by atoms with Crippen molar-refractivity contribution in [2.45, 2.75) is 89.1 Å². The van der Waals surface area contributed by atoms with Crippen molar-refractivity contribution in [3.05, 3.63) is 41.9 Å². The Morgan fingerprint density at radius 2 is 1.57 bits per heavy atom.